The third-order valence-electron chi connectivity index (χ3n) is 6.82. The Bertz CT molecular complexity index is 1530. The highest BCUT2D eigenvalue weighted by Gasteiger charge is 2.34. The van der Waals surface area contributed by atoms with Gasteiger partial charge in [0.15, 0.2) is 11.5 Å². The average Bonchev–Trinajstić information content (AvgIpc) is 2.99. The molecule has 0 saturated heterocycles. The molecule has 10 nitrogen and oxygen atoms in total. The van der Waals surface area contributed by atoms with Crippen LogP contribution in [0, 0.1) is 5.82 Å². The van der Waals surface area contributed by atoms with Gasteiger partial charge in [-0.1, -0.05) is 19.1 Å². The lowest BCUT2D eigenvalue weighted by Crippen LogP contribution is -2.53. The number of ether oxygens (including phenoxy) is 3. The molecule has 0 fully saturated rings. The van der Waals surface area contributed by atoms with E-state index in [9.17, 15) is 22.4 Å². The number of nitrogens with one attached hydrogen (secondary N) is 1. The highest BCUT2D eigenvalue weighted by molar-refractivity contribution is 7.92. The predicted molar refractivity (Wildman–Crippen MR) is 159 cm³/mol. The Labute approximate surface area is 251 Å². The third kappa shape index (κ3) is 7.56. The second kappa shape index (κ2) is 13.8. The van der Waals surface area contributed by atoms with Gasteiger partial charge in [0.25, 0.3) is 10.0 Å². The highest BCUT2D eigenvalue weighted by atomic mass is 32.2. The van der Waals surface area contributed by atoms with Gasteiger partial charge in [0.1, 0.15) is 37.4 Å². The van der Waals surface area contributed by atoms with Crippen molar-refractivity contribution in [2.75, 3.05) is 31.2 Å². The van der Waals surface area contributed by atoms with Crippen molar-refractivity contribution in [2.45, 2.75) is 50.7 Å². The zero-order valence-corrected chi connectivity index (χ0v) is 25.4. The third-order valence-corrected chi connectivity index (χ3v) is 8.59. The molecule has 1 atom stereocenters. The van der Waals surface area contributed by atoms with Crippen LogP contribution in [0.25, 0.3) is 0 Å². The molecule has 0 spiro atoms. The Kier molecular flexibility index (Phi) is 10.1. The second-order valence-electron chi connectivity index (χ2n) is 10.3. The lowest BCUT2D eigenvalue weighted by atomic mass is 10.1. The van der Waals surface area contributed by atoms with Crippen LogP contribution in [0.4, 0.5) is 10.1 Å². The van der Waals surface area contributed by atoms with Gasteiger partial charge < -0.3 is 24.4 Å². The summed E-state index contributed by atoms with van der Waals surface area (Å²) >= 11 is 0. The van der Waals surface area contributed by atoms with Crippen molar-refractivity contribution in [3.63, 3.8) is 0 Å². The lowest BCUT2D eigenvalue weighted by Gasteiger charge is -2.33. The van der Waals surface area contributed by atoms with Crippen LogP contribution in [0.15, 0.2) is 71.6 Å². The number of hydrogen-bond donors (Lipinski definition) is 1. The van der Waals surface area contributed by atoms with E-state index in [0.717, 1.165) is 16.4 Å². The maximum absolute atomic E-state index is 14.1. The summed E-state index contributed by atoms with van der Waals surface area (Å²) in [5.74, 6) is -0.254. The van der Waals surface area contributed by atoms with Crippen LogP contribution in [0.1, 0.15) is 32.8 Å². The van der Waals surface area contributed by atoms with E-state index in [1.807, 2.05) is 13.8 Å². The first kappa shape index (κ1) is 31.6. The van der Waals surface area contributed by atoms with E-state index in [4.69, 9.17) is 14.2 Å². The number of nitrogens with zero attached hydrogens (tertiary/aromatic N) is 2. The van der Waals surface area contributed by atoms with Crippen molar-refractivity contribution in [3.8, 4) is 17.2 Å². The van der Waals surface area contributed by atoms with E-state index in [2.05, 4.69) is 5.32 Å². The number of rotatable bonds is 12. The molecule has 1 aliphatic rings. The molecule has 43 heavy (non-hydrogen) atoms. The maximum Gasteiger partial charge on any atom is 0.264 e. The normalized spacial score (nSPS) is 13.3. The van der Waals surface area contributed by atoms with Gasteiger partial charge >= 0.3 is 0 Å². The summed E-state index contributed by atoms with van der Waals surface area (Å²) < 4.78 is 59.3. The van der Waals surface area contributed by atoms with Crippen LogP contribution >= 0.6 is 0 Å². The summed E-state index contributed by atoms with van der Waals surface area (Å²) in [6.07, 6.45) is 0.284. The number of sulfonamides is 1. The van der Waals surface area contributed by atoms with Gasteiger partial charge in [-0.25, -0.2) is 12.8 Å². The molecule has 1 aliphatic heterocycles. The van der Waals surface area contributed by atoms with Gasteiger partial charge in [0.2, 0.25) is 11.8 Å². The number of hydrogen-bond acceptors (Lipinski definition) is 7. The van der Waals surface area contributed by atoms with E-state index in [-0.39, 0.29) is 47.9 Å². The van der Waals surface area contributed by atoms with Crippen LogP contribution in [-0.4, -0.2) is 64.1 Å². The highest BCUT2D eigenvalue weighted by Crippen LogP contribution is 2.34. The van der Waals surface area contributed by atoms with Crippen LogP contribution in [0.2, 0.25) is 0 Å². The number of halogens is 1. The van der Waals surface area contributed by atoms with Crippen LogP contribution in [0.5, 0.6) is 17.2 Å². The predicted octanol–water partition coefficient (Wildman–Crippen LogP) is 4.13. The molecule has 1 heterocycles. The largest absolute Gasteiger partial charge is 0.497 e. The minimum atomic E-state index is -4.37. The van der Waals surface area contributed by atoms with Crippen molar-refractivity contribution in [1.82, 2.24) is 10.2 Å². The summed E-state index contributed by atoms with van der Waals surface area (Å²) in [6, 6.07) is 15.0. The summed E-state index contributed by atoms with van der Waals surface area (Å²) in [6.45, 7) is 5.39. The topological polar surface area (TPSA) is 114 Å². The van der Waals surface area contributed by atoms with E-state index in [1.54, 1.807) is 38.3 Å². The molecule has 0 unspecified atom stereocenters. The Hall–Kier alpha value is -4.32. The lowest BCUT2D eigenvalue weighted by molar-refractivity contribution is -0.140. The van der Waals surface area contributed by atoms with Crippen LogP contribution in [-0.2, 0) is 26.2 Å². The van der Waals surface area contributed by atoms with E-state index >= 15 is 0 Å². The Morgan fingerprint density at radius 2 is 1.63 bits per heavy atom. The number of benzene rings is 3. The average molecular weight is 614 g/mol. The first-order valence-electron chi connectivity index (χ1n) is 13.9. The van der Waals surface area contributed by atoms with E-state index in [1.165, 1.54) is 35.2 Å². The molecule has 230 valence electrons. The molecule has 0 aromatic heterocycles. The molecule has 3 aromatic carbocycles. The first-order chi connectivity index (χ1) is 20.5. The molecule has 2 amide bonds. The zero-order chi connectivity index (χ0) is 31.1. The number of carbonyl (C=O) groups excluding carboxylic acids is 2. The van der Waals surface area contributed by atoms with Crippen molar-refractivity contribution in [2.24, 2.45) is 0 Å². The van der Waals surface area contributed by atoms with Crippen molar-refractivity contribution in [3.05, 3.63) is 78.1 Å². The Morgan fingerprint density at radius 1 is 0.977 bits per heavy atom. The molecular formula is C31H36FN3O7S. The van der Waals surface area contributed by atoms with Crippen molar-refractivity contribution in [1.29, 1.82) is 0 Å². The quantitative estimate of drug-likeness (QED) is 0.327. The standard InChI is InChI=1S/C31H36FN3O7S/c1-5-27(31(37)33-21(2)3)34(19-22-6-12-25(40-4)13-7-22)30(36)20-35(24-10-8-23(32)9-11-24)43(38,39)26-14-15-28-29(18-26)42-17-16-41-28/h6-15,18,21,27H,5,16-17,19-20H2,1-4H3,(H,33,37)/t27-/m0/s1. The molecule has 3 aromatic rings. The van der Waals surface area contributed by atoms with Crippen LogP contribution in [0.3, 0.4) is 0 Å². The molecule has 0 saturated carbocycles. The van der Waals surface area contributed by atoms with Gasteiger partial charge in [-0.3, -0.25) is 13.9 Å². The fourth-order valence-electron chi connectivity index (χ4n) is 4.68. The number of fused-ring (bicyclic) bond motifs is 1. The van der Waals surface area contributed by atoms with Crippen molar-refractivity contribution >= 4 is 27.5 Å². The summed E-state index contributed by atoms with van der Waals surface area (Å²) in [5.41, 5.74) is 0.793. The SMILES string of the molecule is CC[C@@H](C(=O)NC(C)C)N(Cc1ccc(OC)cc1)C(=O)CN(c1ccc(F)cc1)S(=O)(=O)c1ccc2c(c1)OCCO2. The van der Waals surface area contributed by atoms with Gasteiger partial charge in [0, 0.05) is 18.7 Å². The molecule has 12 heteroatoms. The van der Waals surface area contributed by atoms with E-state index in [0.29, 0.717) is 23.7 Å². The Balaban J connectivity index is 1.74. The number of methoxy groups -OCH3 is 1. The summed E-state index contributed by atoms with van der Waals surface area (Å²) in [5, 5.41) is 2.86. The van der Waals surface area contributed by atoms with E-state index < -0.39 is 34.3 Å². The maximum atomic E-state index is 14.1. The minimum Gasteiger partial charge on any atom is -0.497 e. The number of anilines is 1. The van der Waals surface area contributed by atoms with Gasteiger partial charge in [0.05, 0.1) is 17.7 Å². The molecule has 1 N–H and O–H groups in total. The molecule has 0 bridgehead atoms. The minimum absolute atomic E-state index is 0.0359. The second-order valence-corrected chi connectivity index (χ2v) is 12.1. The fourth-order valence-corrected chi connectivity index (χ4v) is 6.11. The first-order valence-corrected chi connectivity index (χ1v) is 15.4. The zero-order valence-electron chi connectivity index (χ0n) is 24.6. The smallest absolute Gasteiger partial charge is 0.264 e. The fraction of sp³-hybridized carbons (Fsp3) is 0.355. The molecular weight excluding hydrogens is 577 g/mol. The Morgan fingerprint density at radius 3 is 2.23 bits per heavy atom. The molecule has 0 aliphatic carbocycles. The number of amides is 2. The van der Waals surface area contributed by atoms with Crippen molar-refractivity contribution < 1.29 is 36.6 Å². The number of carbonyl (C=O) groups is 2. The van der Waals surface area contributed by atoms with Crippen LogP contribution < -0.4 is 23.8 Å². The van der Waals surface area contributed by atoms with Gasteiger partial charge in [-0.15, -0.1) is 0 Å². The monoisotopic (exact) mass is 613 g/mol. The van der Waals surface area contributed by atoms with Gasteiger partial charge in [-0.05, 0) is 74.4 Å². The molecule has 4 rings (SSSR count). The summed E-state index contributed by atoms with van der Waals surface area (Å²) in [7, 11) is -2.83. The van der Waals surface area contributed by atoms with Gasteiger partial charge in [-0.2, -0.15) is 0 Å². The molecule has 0 radical (unpaired) electrons. The summed E-state index contributed by atoms with van der Waals surface area (Å²) in [4.78, 5) is 28.6.